The Morgan fingerprint density at radius 2 is 2.16 bits per heavy atom. The Bertz CT molecular complexity index is 602. The van der Waals surface area contributed by atoms with Crippen LogP contribution in [0.15, 0.2) is 12.5 Å². The van der Waals surface area contributed by atoms with Gasteiger partial charge in [-0.15, -0.1) is 0 Å². The average molecular weight is 258 g/mol. The first-order chi connectivity index (χ1) is 9.31. The molecule has 2 aromatic heterocycles. The molecule has 1 atom stereocenters. The van der Waals surface area contributed by atoms with Crippen molar-refractivity contribution in [3.63, 3.8) is 0 Å². The molecule has 2 aromatic rings. The van der Waals surface area contributed by atoms with Crippen molar-refractivity contribution in [3.05, 3.63) is 12.5 Å². The molecule has 19 heavy (non-hydrogen) atoms. The van der Waals surface area contributed by atoms with Gasteiger partial charge in [-0.2, -0.15) is 5.10 Å². The Labute approximate surface area is 111 Å². The van der Waals surface area contributed by atoms with Crippen LogP contribution in [0.1, 0.15) is 19.3 Å². The highest BCUT2D eigenvalue weighted by atomic mass is 15.3. The summed E-state index contributed by atoms with van der Waals surface area (Å²) in [5.74, 6) is 0.917. The van der Waals surface area contributed by atoms with Gasteiger partial charge >= 0.3 is 0 Å². The van der Waals surface area contributed by atoms with E-state index < -0.39 is 0 Å². The van der Waals surface area contributed by atoms with Crippen molar-refractivity contribution in [3.8, 4) is 0 Å². The maximum atomic E-state index is 4.38. The number of hydrogen-bond donors (Lipinski definition) is 1. The quantitative estimate of drug-likeness (QED) is 0.890. The number of likely N-dealkylation sites (tertiary alicyclic amines) is 1. The van der Waals surface area contributed by atoms with Gasteiger partial charge in [0.25, 0.3) is 0 Å². The third kappa shape index (κ3) is 1.96. The molecule has 2 aliphatic rings. The molecular formula is C13H18N6. The van der Waals surface area contributed by atoms with Crippen LogP contribution in [0.3, 0.4) is 0 Å². The summed E-state index contributed by atoms with van der Waals surface area (Å²) in [5, 5.41) is 8.82. The molecule has 0 spiro atoms. The molecule has 0 radical (unpaired) electrons. The summed E-state index contributed by atoms with van der Waals surface area (Å²) < 4.78 is 1.79. The second kappa shape index (κ2) is 4.16. The Balaban J connectivity index is 1.55. The van der Waals surface area contributed by atoms with Gasteiger partial charge < -0.3 is 5.32 Å². The van der Waals surface area contributed by atoms with Crippen LogP contribution in [0, 0.1) is 0 Å². The van der Waals surface area contributed by atoms with E-state index in [1.807, 2.05) is 13.2 Å². The van der Waals surface area contributed by atoms with Crippen LogP contribution in [-0.4, -0.2) is 49.8 Å². The fraction of sp³-hybridized carbons (Fsp3) is 0.615. The van der Waals surface area contributed by atoms with Gasteiger partial charge in [0, 0.05) is 32.2 Å². The SMILES string of the molecule is Cn1ncc2c(N[C@@H]3CCN(C4CC4)C3)ncnc21. The first-order valence-corrected chi connectivity index (χ1v) is 6.94. The molecule has 6 heteroatoms. The van der Waals surface area contributed by atoms with E-state index in [4.69, 9.17) is 0 Å². The van der Waals surface area contributed by atoms with Crippen molar-refractivity contribution in [2.75, 3.05) is 18.4 Å². The van der Waals surface area contributed by atoms with Gasteiger partial charge in [-0.3, -0.25) is 9.58 Å². The number of anilines is 1. The van der Waals surface area contributed by atoms with Crippen molar-refractivity contribution >= 4 is 16.9 Å². The lowest BCUT2D eigenvalue weighted by Gasteiger charge is -2.16. The van der Waals surface area contributed by atoms with Crippen molar-refractivity contribution in [1.82, 2.24) is 24.6 Å². The maximum absolute atomic E-state index is 4.38. The minimum atomic E-state index is 0.499. The van der Waals surface area contributed by atoms with Gasteiger partial charge in [0.15, 0.2) is 5.65 Å². The van der Waals surface area contributed by atoms with E-state index in [9.17, 15) is 0 Å². The first kappa shape index (κ1) is 11.2. The highest BCUT2D eigenvalue weighted by Gasteiger charge is 2.34. The molecule has 2 fully saturated rings. The standard InChI is InChI=1S/C13H18N6/c1-18-13-11(6-16-18)12(14-8-15-13)17-9-4-5-19(7-9)10-2-3-10/h6,8-10H,2-5,7H2,1H3,(H,14,15,17)/t9-/m1/s1. The largest absolute Gasteiger partial charge is 0.365 e. The second-order valence-electron chi connectivity index (χ2n) is 5.58. The van der Waals surface area contributed by atoms with Gasteiger partial charge in [-0.25, -0.2) is 9.97 Å². The lowest BCUT2D eigenvalue weighted by Crippen LogP contribution is -2.28. The molecular weight excluding hydrogens is 240 g/mol. The molecule has 0 aromatic carbocycles. The molecule has 100 valence electrons. The van der Waals surface area contributed by atoms with E-state index in [0.717, 1.165) is 29.4 Å². The van der Waals surface area contributed by atoms with Gasteiger partial charge in [0.2, 0.25) is 0 Å². The zero-order valence-corrected chi connectivity index (χ0v) is 11.1. The molecule has 1 aliphatic heterocycles. The number of hydrogen-bond acceptors (Lipinski definition) is 5. The van der Waals surface area contributed by atoms with Gasteiger partial charge in [0.1, 0.15) is 12.1 Å². The fourth-order valence-electron chi connectivity index (χ4n) is 2.95. The van der Waals surface area contributed by atoms with Crippen molar-refractivity contribution in [2.24, 2.45) is 7.05 Å². The van der Waals surface area contributed by atoms with E-state index in [1.165, 1.54) is 25.8 Å². The van der Waals surface area contributed by atoms with E-state index in [1.54, 1.807) is 11.0 Å². The molecule has 4 rings (SSSR count). The number of fused-ring (bicyclic) bond motifs is 1. The molecule has 1 saturated heterocycles. The van der Waals surface area contributed by atoms with Crippen molar-refractivity contribution in [2.45, 2.75) is 31.3 Å². The molecule has 0 unspecified atom stereocenters. The monoisotopic (exact) mass is 258 g/mol. The molecule has 1 N–H and O–H groups in total. The van der Waals surface area contributed by atoms with Crippen LogP contribution < -0.4 is 5.32 Å². The highest BCUT2D eigenvalue weighted by Crippen LogP contribution is 2.31. The van der Waals surface area contributed by atoms with E-state index in [2.05, 4.69) is 25.3 Å². The lowest BCUT2D eigenvalue weighted by atomic mass is 10.2. The smallest absolute Gasteiger partial charge is 0.163 e. The van der Waals surface area contributed by atoms with E-state index in [-0.39, 0.29) is 0 Å². The minimum Gasteiger partial charge on any atom is -0.365 e. The summed E-state index contributed by atoms with van der Waals surface area (Å²) in [6.07, 6.45) is 7.41. The summed E-state index contributed by atoms with van der Waals surface area (Å²) >= 11 is 0. The van der Waals surface area contributed by atoms with Crippen molar-refractivity contribution < 1.29 is 0 Å². The van der Waals surface area contributed by atoms with Crippen LogP contribution in [-0.2, 0) is 7.05 Å². The number of nitrogens with zero attached hydrogens (tertiary/aromatic N) is 5. The average Bonchev–Trinajstić information content (AvgIpc) is 3.06. The molecule has 0 amide bonds. The normalized spacial score (nSPS) is 24.2. The number of nitrogens with one attached hydrogen (secondary N) is 1. The molecule has 1 aliphatic carbocycles. The Kier molecular flexibility index (Phi) is 2.44. The molecule has 1 saturated carbocycles. The molecule has 3 heterocycles. The Morgan fingerprint density at radius 1 is 1.26 bits per heavy atom. The fourth-order valence-corrected chi connectivity index (χ4v) is 2.95. The molecule has 0 bridgehead atoms. The Hall–Kier alpha value is -1.69. The predicted molar refractivity (Wildman–Crippen MR) is 72.9 cm³/mol. The van der Waals surface area contributed by atoms with Crippen LogP contribution in [0.5, 0.6) is 0 Å². The minimum absolute atomic E-state index is 0.499. The summed E-state index contributed by atoms with van der Waals surface area (Å²) in [4.78, 5) is 11.2. The second-order valence-corrected chi connectivity index (χ2v) is 5.58. The van der Waals surface area contributed by atoms with Crippen LogP contribution >= 0.6 is 0 Å². The van der Waals surface area contributed by atoms with Gasteiger partial charge in [-0.1, -0.05) is 0 Å². The molecule has 6 nitrogen and oxygen atoms in total. The van der Waals surface area contributed by atoms with E-state index >= 15 is 0 Å². The summed E-state index contributed by atoms with van der Waals surface area (Å²) in [7, 11) is 1.91. The summed E-state index contributed by atoms with van der Waals surface area (Å²) in [6, 6.07) is 1.36. The van der Waals surface area contributed by atoms with Crippen LogP contribution in [0.4, 0.5) is 5.82 Å². The number of aryl methyl sites for hydroxylation is 1. The summed E-state index contributed by atoms with van der Waals surface area (Å²) in [6.45, 7) is 2.35. The zero-order chi connectivity index (χ0) is 12.8. The number of rotatable bonds is 3. The number of aromatic nitrogens is 4. The van der Waals surface area contributed by atoms with Crippen LogP contribution in [0.2, 0.25) is 0 Å². The van der Waals surface area contributed by atoms with Gasteiger partial charge in [-0.05, 0) is 19.3 Å². The lowest BCUT2D eigenvalue weighted by molar-refractivity contribution is 0.326. The van der Waals surface area contributed by atoms with Gasteiger partial charge in [0.05, 0.1) is 11.6 Å². The Morgan fingerprint density at radius 3 is 3.00 bits per heavy atom. The highest BCUT2D eigenvalue weighted by molar-refractivity contribution is 5.86. The zero-order valence-electron chi connectivity index (χ0n) is 11.1. The topological polar surface area (TPSA) is 58.9 Å². The van der Waals surface area contributed by atoms with E-state index in [0.29, 0.717) is 6.04 Å². The van der Waals surface area contributed by atoms with Crippen LogP contribution in [0.25, 0.3) is 11.0 Å². The third-order valence-electron chi connectivity index (χ3n) is 4.15. The first-order valence-electron chi connectivity index (χ1n) is 6.94. The summed E-state index contributed by atoms with van der Waals surface area (Å²) in [5.41, 5.74) is 0.884. The van der Waals surface area contributed by atoms with Crippen molar-refractivity contribution in [1.29, 1.82) is 0 Å². The third-order valence-corrected chi connectivity index (χ3v) is 4.15. The predicted octanol–water partition coefficient (Wildman–Crippen LogP) is 1.01. The maximum Gasteiger partial charge on any atom is 0.163 e.